The molecule has 0 fully saturated rings. The molecule has 0 aliphatic rings. The largest absolute Gasteiger partial charge is 0.434 e. The number of rotatable bonds is 1. The van der Waals surface area contributed by atoms with E-state index in [9.17, 15) is 17.6 Å². The zero-order valence-electron chi connectivity index (χ0n) is 8.64. The Kier molecular flexibility index (Phi) is 2.41. The average molecular weight is 245 g/mol. The Morgan fingerprint density at radius 1 is 1.35 bits per heavy atom. The molecule has 0 aliphatic carbocycles. The van der Waals surface area contributed by atoms with Gasteiger partial charge < -0.3 is 4.40 Å². The van der Waals surface area contributed by atoms with Crippen LogP contribution in [-0.4, -0.2) is 21.3 Å². The van der Waals surface area contributed by atoms with E-state index in [4.69, 9.17) is 5.41 Å². The van der Waals surface area contributed by atoms with Gasteiger partial charge in [0.15, 0.2) is 5.71 Å². The Labute approximate surface area is 93.2 Å². The number of aromatic nitrogens is 2. The van der Waals surface area contributed by atoms with Gasteiger partial charge in [-0.15, -0.1) is 0 Å². The van der Waals surface area contributed by atoms with Gasteiger partial charge in [0.05, 0.1) is 0 Å². The highest BCUT2D eigenvalue weighted by atomic mass is 19.4. The molecule has 0 aromatic carbocycles. The van der Waals surface area contributed by atoms with Crippen molar-refractivity contribution in [2.45, 2.75) is 13.1 Å². The number of halogens is 4. The van der Waals surface area contributed by atoms with Gasteiger partial charge in [-0.1, -0.05) is 0 Å². The van der Waals surface area contributed by atoms with Crippen LogP contribution in [0, 0.1) is 18.2 Å². The zero-order valence-corrected chi connectivity index (χ0v) is 8.64. The number of hydrogen-bond acceptors (Lipinski definition) is 2. The number of aryl methyl sites for hydroxylation is 1. The highest BCUT2D eigenvalue weighted by Gasteiger charge is 2.38. The minimum absolute atomic E-state index is 0.0850. The SMILES string of the molecule is Cc1c(C(=N)C(F)(F)F)nc2ccc(F)cn12. The number of pyridine rings is 1. The van der Waals surface area contributed by atoms with Crippen LogP contribution in [0.5, 0.6) is 0 Å². The van der Waals surface area contributed by atoms with Crippen molar-refractivity contribution in [1.82, 2.24) is 9.38 Å². The van der Waals surface area contributed by atoms with Gasteiger partial charge in [-0.05, 0) is 19.1 Å². The van der Waals surface area contributed by atoms with Gasteiger partial charge in [0.25, 0.3) is 0 Å². The fourth-order valence-electron chi connectivity index (χ4n) is 1.51. The topological polar surface area (TPSA) is 41.2 Å². The molecule has 3 nitrogen and oxygen atoms in total. The first-order chi connectivity index (χ1) is 7.80. The van der Waals surface area contributed by atoms with Crippen LogP contribution in [0.25, 0.3) is 5.65 Å². The van der Waals surface area contributed by atoms with E-state index in [0.29, 0.717) is 0 Å². The summed E-state index contributed by atoms with van der Waals surface area (Å²) in [6, 6.07) is 2.36. The highest BCUT2D eigenvalue weighted by molar-refractivity contribution is 6.02. The molecular weight excluding hydrogens is 238 g/mol. The van der Waals surface area contributed by atoms with Crippen LogP contribution in [0.15, 0.2) is 18.3 Å². The minimum Gasteiger partial charge on any atom is -0.301 e. The molecule has 0 saturated carbocycles. The first kappa shape index (κ1) is 11.6. The molecule has 2 rings (SSSR count). The number of alkyl halides is 3. The Hall–Kier alpha value is -1.92. The number of fused-ring (bicyclic) bond motifs is 1. The molecule has 0 bridgehead atoms. The van der Waals surface area contributed by atoms with Gasteiger partial charge in [-0.25, -0.2) is 9.37 Å². The van der Waals surface area contributed by atoms with Crippen LogP contribution >= 0.6 is 0 Å². The highest BCUT2D eigenvalue weighted by Crippen LogP contribution is 2.23. The van der Waals surface area contributed by atoms with Crippen molar-refractivity contribution in [2.75, 3.05) is 0 Å². The van der Waals surface area contributed by atoms with Crippen molar-refractivity contribution in [3.63, 3.8) is 0 Å². The van der Waals surface area contributed by atoms with E-state index in [-0.39, 0.29) is 11.3 Å². The third-order valence-electron chi connectivity index (χ3n) is 2.34. The van der Waals surface area contributed by atoms with Crippen molar-refractivity contribution in [2.24, 2.45) is 0 Å². The van der Waals surface area contributed by atoms with E-state index in [1.54, 1.807) is 0 Å². The molecule has 2 heterocycles. The van der Waals surface area contributed by atoms with Gasteiger partial charge in [0.1, 0.15) is 17.2 Å². The first-order valence-electron chi connectivity index (χ1n) is 4.61. The maximum atomic E-state index is 12.9. The third kappa shape index (κ3) is 1.88. The summed E-state index contributed by atoms with van der Waals surface area (Å²) in [6.45, 7) is 1.36. The minimum atomic E-state index is -4.76. The van der Waals surface area contributed by atoms with Gasteiger partial charge in [0, 0.05) is 11.9 Å². The Morgan fingerprint density at radius 2 is 2.00 bits per heavy atom. The molecule has 0 aliphatic heterocycles. The molecule has 7 heteroatoms. The summed E-state index contributed by atoms with van der Waals surface area (Å²) in [5, 5.41) is 7.01. The van der Waals surface area contributed by atoms with Gasteiger partial charge in [-0.2, -0.15) is 13.2 Å². The fraction of sp³-hybridized carbons (Fsp3) is 0.200. The molecule has 1 N–H and O–H groups in total. The summed E-state index contributed by atoms with van der Waals surface area (Å²) in [5.74, 6) is -0.580. The second-order valence-corrected chi connectivity index (χ2v) is 3.49. The van der Waals surface area contributed by atoms with Crippen LogP contribution in [-0.2, 0) is 0 Å². The van der Waals surface area contributed by atoms with E-state index in [1.807, 2.05) is 0 Å². The monoisotopic (exact) mass is 245 g/mol. The maximum absolute atomic E-state index is 12.9. The van der Waals surface area contributed by atoms with Gasteiger partial charge >= 0.3 is 6.18 Å². The number of nitrogens with zero attached hydrogens (tertiary/aromatic N) is 2. The molecule has 0 spiro atoms. The lowest BCUT2D eigenvalue weighted by molar-refractivity contribution is -0.0589. The summed E-state index contributed by atoms with van der Waals surface area (Å²) >= 11 is 0. The van der Waals surface area contributed by atoms with Crippen molar-refractivity contribution in [3.05, 3.63) is 35.5 Å². The lowest BCUT2D eigenvalue weighted by atomic mass is 10.2. The predicted molar refractivity (Wildman–Crippen MR) is 52.8 cm³/mol. The van der Waals surface area contributed by atoms with E-state index in [0.717, 1.165) is 12.3 Å². The standard InChI is InChI=1S/C10H7F4N3/c1-5-8(9(15)10(12,13)14)16-7-3-2-6(11)4-17(5)7/h2-4,15H,1H3. The maximum Gasteiger partial charge on any atom is 0.434 e. The molecule has 2 aromatic heterocycles. The van der Waals surface area contributed by atoms with Crippen LogP contribution < -0.4 is 0 Å². The second kappa shape index (κ2) is 3.54. The third-order valence-corrected chi connectivity index (χ3v) is 2.34. The molecule has 90 valence electrons. The Bertz CT molecular complexity index is 597. The molecule has 2 aromatic rings. The molecule has 0 unspecified atom stereocenters. The van der Waals surface area contributed by atoms with Crippen molar-refractivity contribution in [1.29, 1.82) is 5.41 Å². The van der Waals surface area contributed by atoms with Gasteiger partial charge in [0.2, 0.25) is 0 Å². The lowest BCUT2D eigenvalue weighted by Gasteiger charge is -2.05. The average Bonchev–Trinajstić information content (AvgIpc) is 2.54. The summed E-state index contributed by atoms with van der Waals surface area (Å²) in [5.41, 5.74) is -1.75. The zero-order chi connectivity index (χ0) is 12.8. The Morgan fingerprint density at radius 3 is 2.59 bits per heavy atom. The Balaban J connectivity index is 2.65. The van der Waals surface area contributed by atoms with Crippen molar-refractivity contribution in [3.8, 4) is 0 Å². The summed E-state index contributed by atoms with van der Waals surface area (Å²) in [6.07, 6.45) is -3.73. The second-order valence-electron chi connectivity index (χ2n) is 3.49. The first-order valence-corrected chi connectivity index (χ1v) is 4.61. The number of hydrogen-bond donors (Lipinski definition) is 1. The smallest absolute Gasteiger partial charge is 0.301 e. The summed E-state index contributed by atoms with van der Waals surface area (Å²) in [4.78, 5) is 3.67. The fourth-order valence-corrected chi connectivity index (χ4v) is 1.51. The molecule has 17 heavy (non-hydrogen) atoms. The number of imidazole rings is 1. The van der Waals surface area contributed by atoms with E-state index in [1.165, 1.54) is 17.4 Å². The summed E-state index contributed by atoms with van der Waals surface area (Å²) in [7, 11) is 0. The van der Waals surface area contributed by atoms with E-state index >= 15 is 0 Å². The van der Waals surface area contributed by atoms with E-state index in [2.05, 4.69) is 4.98 Å². The number of nitrogens with one attached hydrogen (secondary N) is 1. The summed E-state index contributed by atoms with van der Waals surface area (Å²) < 4.78 is 51.2. The molecule has 0 saturated heterocycles. The quantitative estimate of drug-likeness (QED) is 0.609. The molecular formula is C10H7F4N3. The van der Waals surface area contributed by atoms with E-state index < -0.39 is 23.4 Å². The normalized spacial score (nSPS) is 12.1. The van der Waals surface area contributed by atoms with Crippen molar-refractivity contribution < 1.29 is 17.6 Å². The van der Waals surface area contributed by atoms with Gasteiger partial charge in [-0.3, -0.25) is 5.41 Å². The van der Waals surface area contributed by atoms with Crippen molar-refractivity contribution >= 4 is 11.4 Å². The molecule has 0 radical (unpaired) electrons. The molecule has 0 amide bonds. The molecule has 0 atom stereocenters. The lowest BCUT2D eigenvalue weighted by Crippen LogP contribution is -2.24. The van der Waals surface area contributed by atoms with Crippen LogP contribution in [0.2, 0.25) is 0 Å². The van der Waals surface area contributed by atoms with Crippen LogP contribution in [0.3, 0.4) is 0 Å². The van der Waals surface area contributed by atoms with Crippen LogP contribution in [0.1, 0.15) is 11.4 Å². The predicted octanol–water partition coefficient (Wildman–Crippen LogP) is 2.71. The van der Waals surface area contributed by atoms with Crippen LogP contribution in [0.4, 0.5) is 17.6 Å².